The Hall–Kier alpha value is -2.44. The number of rotatable bonds is 4. The first kappa shape index (κ1) is 18.9. The van der Waals surface area contributed by atoms with Crippen LogP contribution in [-0.4, -0.2) is 51.6 Å². The van der Waals surface area contributed by atoms with Crippen LogP contribution in [0.15, 0.2) is 24.3 Å². The number of ether oxygens (including phenoxy) is 4. The van der Waals surface area contributed by atoms with Gasteiger partial charge in [-0.25, -0.2) is 0 Å². The fraction of sp³-hybridized carbons (Fsp3) is 0.455. The lowest BCUT2D eigenvalue weighted by molar-refractivity contribution is -0.960. The minimum Gasteiger partial charge on any atom is -0.493 e. The molecule has 0 spiro atoms. The third kappa shape index (κ3) is 2.71. The molecule has 0 saturated heterocycles. The lowest BCUT2D eigenvalue weighted by Gasteiger charge is -2.50. The number of nitrogens with zero attached hydrogens (tertiary/aromatic N) is 1. The van der Waals surface area contributed by atoms with Crippen molar-refractivity contribution in [2.45, 2.75) is 25.1 Å². The van der Waals surface area contributed by atoms with Crippen molar-refractivity contribution in [2.24, 2.45) is 0 Å². The second-order valence-corrected chi connectivity index (χ2v) is 7.81. The number of aliphatic hydroxyl groups excluding tert-OH is 1. The average molecular weight is 386 g/mol. The van der Waals surface area contributed by atoms with Crippen LogP contribution in [0.25, 0.3) is 0 Å². The number of hydrogen-bond donors (Lipinski definition) is 1. The molecule has 2 heterocycles. The summed E-state index contributed by atoms with van der Waals surface area (Å²) in [6, 6.07) is 7.92. The Kier molecular flexibility index (Phi) is 4.63. The van der Waals surface area contributed by atoms with Gasteiger partial charge in [0.1, 0.15) is 18.7 Å². The minimum atomic E-state index is -0.647. The molecule has 4 rings (SSSR count). The number of fused-ring (bicyclic) bond motifs is 4. The molecule has 2 unspecified atom stereocenters. The van der Waals surface area contributed by atoms with Gasteiger partial charge >= 0.3 is 0 Å². The highest BCUT2D eigenvalue weighted by Crippen LogP contribution is 2.52. The molecule has 2 aliphatic rings. The summed E-state index contributed by atoms with van der Waals surface area (Å²) >= 11 is 0. The molecule has 6 nitrogen and oxygen atoms in total. The average Bonchev–Trinajstić information content (AvgIpc) is 2.71. The molecule has 2 aliphatic heterocycles. The van der Waals surface area contributed by atoms with E-state index in [9.17, 15) is 5.11 Å². The molecule has 0 aliphatic carbocycles. The van der Waals surface area contributed by atoms with Crippen LogP contribution in [0.4, 0.5) is 0 Å². The van der Waals surface area contributed by atoms with Crippen LogP contribution in [0, 0.1) is 0 Å². The van der Waals surface area contributed by atoms with Crippen LogP contribution < -0.4 is 18.9 Å². The molecule has 150 valence electrons. The van der Waals surface area contributed by atoms with E-state index in [0.29, 0.717) is 17.2 Å². The Bertz CT molecular complexity index is 912. The SMILES string of the molecule is COc1cc2c(cc1OC)C1[C@H](O)c3cc(OC)c(OC)cc3C[N+]1(C)CC2. The third-order valence-corrected chi connectivity index (χ3v) is 6.32. The Morgan fingerprint density at radius 3 is 1.86 bits per heavy atom. The Labute approximate surface area is 165 Å². The number of benzene rings is 2. The molecule has 3 atom stereocenters. The first-order valence-electron chi connectivity index (χ1n) is 9.47. The van der Waals surface area contributed by atoms with Crippen LogP contribution in [0.3, 0.4) is 0 Å². The summed E-state index contributed by atoms with van der Waals surface area (Å²) in [6.45, 7) is 1.77. The van der Waals surface area contributed by atoms with Gasteiger partial charge in [0.15, 0.2) is 23.0 Å². The summed E-state index contributed by atoms with van der Waals surface area (Å²) in [7, 11) is 8.77. The molecule has 2 aromatic rings. The second kappa shape index (κ2) is 6.87. The van der Waals surface area contributed by atoms with Crippen molar-refractivity contribution in [1.82, 2.24) is 0 Å². The van der Waals surface area contributed by atoms with E-state index in [1.807, 2.05) is 18.2 Å². The maximum Gasteiger partial charge on any atom is 0.161 e. The van der Waals surface area contributed by atoms with Crippen molar-refractivity contribution in [1.29, 1.82) is 0 Å². The number of hydrogen-bond acceptors (Lipinski definition) is 5. The van der Waals surface area contributed by atoms with Crippen molar-refractivity contribution in [3.63, 3.8) is 0 Å². The molecule has 0 amide bonds. The zero-order valence-electron chi connectivity index (χ0n) is 17.1. The molecule has 28 heavy (non-hydrogen) atoms. The van der Waals surface area contributed by atoms with E-state index < -0.39 is 6.10 Å². The molecular formula is C22H28NO5+. The maximum atomic E-state index is 11.5. The van der Waals surface area contributed by atoms with E-state index in [2.05, 4.69) is 13.1 Å². The van der Waals surface area contributed by atoms with Crippen molar-refractivity contribution in [2.75, 3.05) is 42.0 Å². The summed E-state index contributed by atoms with van der Waals surface area (Å²) in [5, 5.41) is 11.5. The summed E-state index contributed by atoms with van der Waals surface area (Å²) < 4.78 is 22.7. The zero-order chi connectivity index (χ0) is 20.1. The van der Waals surface area contributed by atoms with Gasteiger partial charge in [-0.05, 0) is 35.4 Å². The van der Waals surface area contributed by atoms with Gasteiger partial charge in [-0.1, -0.05) is 0 Å². The normalized spacial score (nSPS) is 25.2. The predicted molar refractivity (Wildman–Crippen MR) is 105 cm³/mol. The second-order valence-electron chi connectivity index (χ2n) is 7.81. The monoisotopic (exact) mass is 386 g/mol. The van der Waals surface area contributed by atoms with Crippen molar-refractivity contribution in [3.05, 3.63) is 46.5 Å². The third-order valence-electron chi connectivity index (χ3n) is 6.32. The Morgan fingerprint density at radius 2 is 1.29 bits per heavy atom. The largest absolute Gasteiger partial charge is 0.493 e. The molecule has 0 radical (unpaired) electrons. The Morgan fingerprint density at radius 1 is 0.786 bits per heavy atom. The fourth-order valence-electron chi connectivity index (χ4n) is 4.88. The van der Waals surface area contributed by atoms with Gasteiger partial charge in [0.2, 0.25) is 0 Å². The Balaban J connectivity index is 1.87. The van der Waals surface area contributed by atoms with Crippen LogP contribution >= 0.6 is 0 Å². The van der Waals surface area contributed by atoms with E-state index >= 15 is 0 Å². The molecule has 0 aromatic heterocycles. The molecule has 6 heteroatoms. The number of methoxy groups -OCH3 is 4. The zero-order valence-corrected chi connectivity index (χ0v) is 17.1. The highest BCUT2D eigenvalue weighted by molar-refractivity contribution is 5.52. The fourth-order valence-corrected chi connectivity index (χ4v) is 4.88. The number of quaternary nitrogens is 1. The van der Waals surface area contributed by atoms with Crippen LogP contribution in [0.5, 0.6) is 23.0 Å². The van der Waals surface area contributed by atoms with Crippen molar-refractivity contribution >= 4 is 0 Å². The van der Waals surface area contributed by atoms with E-state index in [4.69, 9.17) is 18.9 Å². The van der Waals surface area contributed by atoms with Gasteiger partial charge < -0.3 is 28.5 Å². The van der Waals surface area contributed by atoms with Gasteiger partial charge in [0.25, 0.3) is 0 Å². The van der Waals surface area contributed by atoms with E-state index in [0.717, 1.165) is 46.4 Å². The highest BCUT2D eigenvalue weighted by Gasteiger charge is 2.49. The lowest BCUT2D eigenvalue weighted by atomic mass is 9.80. The number of aliphatic hydroxyl groups is 1. The van der Waals surface area contributed by atoms with Gasteiger partial charge in [-0.2, -0.15) is 0 Å². The molecule has 1 N–H and O–H groups in total. The van der Waals surface area contributed by atoms with Crippen LogP contribution in [0.2, 0.25) is 0 Å². The highest BCUT2D eigenvalue weighted by atomic mass is 16.5. The van der Waals surface area contributed by atoms with E-state index in [1.54, 1.807) is 28.4 Å². The molecular weight excluding hydrogens is 358 g/mol. The predicted octanol–water partition coefficient (Wildman–Crippen LogP) is 3.01. The van der Waals surface area contributed by atoms with Gasteiger partial charge in [-0.15, -0.1) is 0 Å². The first-order chi connectivity index (χ1) is 13.5. The lowest BCUT2D eigenvalue weighted by Crippen LogP contribution is -2.54. The van der Waals surface area contributed by atoms with E-state index in [-0.39, 0.29) is 6.04 Å². The van der Waals surface area contributed by atoms with Gasteiger partial charge in [0, 0.05) is 17.5 Å². The quantitative estimate of drug-likeness (QED) is 0.819. The first-order valence-corrected chi connectivity index (χ1v) is 9.47. The number of likely N-dealkylation sites (N-methyl/N-ethyl adjacent to an activating group) is 1. The van der Waals surface area contributed by atoms with Crippen LogP contribution in [-0.2, 0) is 13.0 Å². The minimum absolute atomic E-state index is 0.0749. The van der Waals surface area contributed by atoms with Gasteiger partial charge in [-0.3, -0.25) is 0 Å². The van der Waals surface area contributed by atoms with Crippen molar-refractivity contribution < 1.29 is 28.5 Å². The topological polar surface area (TPSA) is 57.2 Å². The standard InChI is InChI=1S/C22H28NO5/c1-23-7-6-13-8-17(25-2)19(27-4)10-15(13)21(23)22(24)16-11-20(28-5)18(26-3)9-14(16)12-23/h8-11,21-22,24H,6-7,12H2,1-5H3/q+1/t21?,22-,23?/m1/s1. The molecule has 0 fully saturated rings. The summed E-state index contributed by atoms with van der Waals surface area (Å²) in [6.07, 6.45) is 0.281. The molecule has 0 saturated carbocycles. The van der Waals surface area contributed by atoms with Crippen molar-refractivity contribution in [3.8, 4) is 23.0 Å². The maximum absolute atomic E-state index is 11.5. The molecule has 0 bridgehead atoms. The molecule has 2 aromatic carbocycles. The summed E-state index contributed by atoms with van der Waals surface area (Å²) in [4.78, 5) is 0. The van der Waals surface area contributed by atoms with E-state index in [1.165, 1.54) is 5.56 Å². The van der Waals surface area contributed by atoms with Gasteiger partial charge in [0.05, 0.1) is 42.0 Å². The summed E-state index contributed by atoms with van der Waals surface area (Å²) in [5.41, 5.74) is 4.34. The van der Waals surface area contributed by atoms with Crippen LogP contribution in [0.1, 0.15) is 34.4 Å². The summed E-state index contributed by atoms with van der Waals surface area (Å²) in [5.74, 6) is 2.76. The smallest absolute Gasteiger partial charge is 0.161 e.